The highest BCUT2D eigenvalue weighted by molar-refractivity contribution is 5.55. The maximum absolute atomic E-state index is 13.1. The van der Waals surface area contributed by atoms with Crippen LogP contribution < -0.4 is 11.3 Å². The summed E-state index contributed by atoms with van der Waals surface area (Å²) >= 11 is 0. The summed E-state index contributed by atoms with van der Waals surface area (Å²) in [4.78, 5) is 18.3. The van der Waals surface area contributed by atoms with E-state index < -0.39 is 0 Å². The van der Waals surface area contributed by atoms with Crippen molar-refractivity contribution < 1.29 is 4.39 Å². The molecule has 0 aliphatic rings. The number of nitrogens with one attached hydrogen (secondary N) is 1. The predicted octanol–water partition coefficient (Wildman–Crippen LogP) is 1.34. The molecule has 0 unspecified atom stereocenters. The molecule has 0 radical (unpaired) electrons. The van der Waals surface area contributed by atoms with Crippen molar-refractivity contribution in [2.75, 3.05) is 0 Å². The van der Waals surface area contributed by atoms with Crippen molar-refractivity contribution in [2.45, 2.75) is 13.5 Å². The van der Waals surface area contributed by atoms with Gasteiger partial charge in [0.15, 0.2) is 0 Å². The molecule has 1 aromatic heterocycles. The lowest BCUT2D eigenvalue weighted by Gasteiger charge is -2.03. The molecule has 0 amide bonds. The number of nitrogens with zero attached hydrogens (tertiary/aromatic N) is 1. The smallest absolute Gasteiger partial charge is 0.255 e. The fraction of sp³-hybridized carbons (Fsp3) is 0.167. The van der Waals surface area contributed by atoms with Crippen LogP contribution in [0.4, 0.5) is 4.39 Å². The van der Waals surface area contributed by atoms with Crippen LogP contribution in [0.2, 0.25) is 0 Å². The average molecular weight is 233 g/mol. The second-order valence-corrected chi connectivity index (χ2v) is 3.75. The van der Waals surface area contributed by atoms with Crippen molar-refractivity contribution in [3.8, 4) is 11.4 Å². The Bertz CT molecular complexity index is 607. The van der Waals surface area contributed by atoms with Gasteiger partial charge < -0.3 is 10.7 Å². The van der Waals surface area contributed by atoms with Crippen molar-refractivity contribution in [1.82, 2.24) is 9.97 Å². The van der Waals surface area contributed by atoms with E-state index in [9.17, 15) is 9.18 Å². The molecular weight excluding hydrogens is 221 g/mol. The van der Waals surface area contributed by atoms with Gasteiger partial charge in [0.25, 0.3) is 5.56 Å². The third kappa shape index (κ3) is 2.24. The first-order valence-corrected chi connectivity index (χ1v) is 5.16. The summed E-state index contributed by atoms with van der Waals surface area (Å²) in [6, 6.07) is 4.56. The number of aryl methyl sites for hydroxylation is 1. The van der Waals surface area contributed by atoms with Crippen LogP contribution in [-0.2, 0) is 6.54 Å². The van der Waals surface area contributed by atoms with Gasteiger partial charge >= 0.3 is 0 Å². The molecule has 3 N–H and O–H groups in total. The molecule has 0 fully saturated rings. The number of hydrogen-bond donors (Lipinski definition) is 2. The van der Waals surface area contributed by atoms with Gasteiger partial charge in [0.05, 0.1) is 0 Å². The summed E-state index contributed by atoms with van der Waals surface area (Å²) < 4.78 is 13.1. The van der Waals surface area contributed by atoms with Gasteiger partial charge in [0.2, 0.25) is 0 Å². The predicted molar refractivity (Wildman–Crippen MR) is 62.9 cm³/mol. The minimum atomic E-state index is -0.283. The van der Waals surface area contributed by atoms with E-state index >= 15 is 0 Å². The highest BCUT2D eigenvalue weighted by Crippen LogP contribution is 2.17. The van der Waals surface area contributed by atoms with Crippen LogP contribution in [0.15, 0.2) is 29.2 Å². The molecule has 88 valence electrons. The lowest BCUT2D eigenvalue weighted by atomic mass is 10.1. The second kappa shape index (κ2) is 4.47. The fourth-order valence-electron chi connectivity index (χ4n) is 1.51. The number of rotatable bonds is 2. The second-order valence-electron chi connectivity index (χ2n) is 3.75. The Morgan fingerprint density at radius 1 is 1.47 bits per heavy atom. The molecule has 1 heterocycles. The summed E-state index contributed by atoms with van der Waals surface area (Å²) in [6.07, 6.45) is 1.44. The monoisotopic (exact) mass is 233 g/mol. The van der Waals surface area contributed by atoms with E-state index in [-0.39, 0.29) is 17.9 Å². The van der Waals surface area contributed by atoms with E-state index in [0.717, 1.165) is 0 Å². The van der Waals surface area contributed by atoms with Crippen LogP contribution in [0, 0.1) is 12.7 Å². The molecule has 0 saturated heterocycles. The van der Waals surface area contributed by atoms with E-state index in [2.05, 4.69) is 9.97 Å². The third-order valence-corrected chi connectivity index (χ3v) is 2.52. The number of halogens is 1. The maximum Gasteiger partial charge on any atom is 0.255 e. The van der Waals surface area contributed by atoms with Gasteiger partial charge in [0, 0.05) is 23.9 Å². The Kier molecular flexibility index (Phi) is 3.01. The minimum Gasteiger partial charge on any atom is -0.326 e. The van der Waals surface area contributed by atoms with Crippen molar-refractivity contribution >= 4 is 0 Å². The molecule has 2 rings (SSSR count). The van der Waals surface area contributed by atoms with Crippen LogP contribution in [0.3, 0.4) is 0 Å². The van der Waals surface area contributed by atoms with Crippen molar-refractivity contribution in [3.05, 3.63) is 51.7 Å². The summed E-state index contributed by atoms with van der Waals surface area (Å²) in [6.45, 7) is 1.80. The number of hydrogen-bond acceptors (Lipinski definition) is 3. The van der Waals surface area contributed by atoms with Gasteiger partial charge in [-0.2, -0.15) is 0 Å². The Balaban J connectivity index is 2.50. The van der Waals surface area contributed by atoms with Gasteiger partial charge in [-0.25, -0.2) is 9.37 Å². The average Bonchev–Trinajstić information content (AvgIpc) is 2.32. The summed E-state index contributed by atoms with van der Waals surface area (Å²) in [5.41, 5.74) is 6.71. The molecule has 2 aromatic rings. The quantitative estimate of drug-likeness (QED) is 0.822. The molecule has 0 aliphatic carbocycles. The fourth-order valence-corrected chi connectivity index (χ4v) is 1.51. The normalized spacial score (nSPS) is 10.5. The first-order valence-electron chi connectivity index (χ1n) is 5.16. The van der Waals surface area contributed by atoms with Crippen LogP contribution in [0.25, 0.3) is 11.4 Å². The standard InChI is InChI=1S/C12H12FN3O/c1-7-4-8(2-3-10(7)13)11-15-6-9(5-14)12(17)16-11/h2-4,6H,5,14H2,1H3,(H,15,16,17). The Morgan fingerprint density at radius 2 is 2.24 bits per heavy atom. The topological polar surface area (TPSA) is 71.8 Å². The SMILES string of the molecule is Cc1cc(-c2ncc(CN)c(=O)[nH]2)ccc1F. The molecular formula is C12H12FN3O. The molecule has 4 nitrogen and oxygen atoms in total. The molecule has 0 bridgehead atoms. The number of nitrogens with two attached hydrogens (primary N) is 1. The molecule has 0 aliphatic heterocycles. The Hall–Kier alpha value is -2.01. The first kappa shape index (κ1) is 11.5. The van der Waals surface area contributed by atoms with Gasteiger partial charge in [-0.1, -0.05) is 0 Å². The highest BCUT2D eigenvalue weighted by atomic mass is 19.1. The number of aromatic amines is 1. The zero-order valence-electron chi connectivity index (χ0n) is 9.33. The zero-order chi connectivity index (χ0) is 12.4. The molecule has 1 aromatic carbocycles. The van der Waals surface area contributed by atoms with Crippen LogP contribution >= 0.6 is 0 Å². The van der Waals surface area contributed by atoms with E-state index in [4.69, 9.17) is 5.73 Å². The van der Waals surface area contributed by atoms with Gasteiger partial charge in [-0.15, -0.1) is 0 Å². The molecule has 0 spiro atoms. The lowest BCUT2D eigenvalue weighted by molar-refractivity contribution is 0.618. The molecule has 0 atom stereocenters. The minimum absolute atomic E-state index is 0.144. The highest BCUT2D eigenvalue weighted by Gasteiger charge is 2.05. The Morgan fingerprint density at radius 3 is 2.82 bits per heavy atom. The first-order chi connectivity index (χ1) is 8.11. The summed E-state index contributed by atoms with van der Waals surface area (Å²) in [7, 11) is 0. The maximum atomic E-state index is 13.1. The molecule has 5 heteroatoms. The van der Waals surface area contributed by atoms with Gasteiger partial charge in [0.1, 0.15) is 11.6 Å². The summed E-state index contributed by atoms with van der Waals surface area (Å²) in [5, 5.41) is 0. The van der Waals surface area contributed by atoms with E-state index in [1.807, 2.05) is 0 Å². The largest absolute Gasteiger partial charge is 0.326 e. The lowest BCUT2D eigenvalue weighted by Crippen LogP contribution is -2.17. The van der Waals surface area contributed by atoms with Crippen LogP contribution in [0.5, 0.6) is 0 Å². The zero-order valence-corrected chi connectivity index (χ0v) is 9.33. The number of aromatic nitrogens is 2. The van der Waals surface area contributed by atoms with Crippen molar-refractivity contribution in [2.24, 2.45) is 5.73 Å². The van der Waals surface area contributed by atoms with Gasteiger partial charge in [-0.3, -0.25) is 4.79 Å². The Labute approximate surface area is 97.3 Å². The number of H-pyrrole nitrogens is 1. The van der Waals surface area contributed by atoms with E-state index in [0.29, 0.717) is 22.5 Å². The third-order valence-electron chi connectivity index (χ3n) is 2.52. The molecule has 17 heavy (non-hydrogen) atoms. The van der Waals surface area contributed by atoms with Crippen molar-refractivity contribution in [1.29, 1.82) is 0 Å². The van der Waals surface area contributed by atoms with E-state index in [1.54, 1.807) is 19.1 Å². The van der Waals surface area contributed by atoms with E-state index in [1.165, 1.54) is 12.3 Å². The summed E-state index contributed by atoms with van der Waals surface area (Å²) in [5.74, 6) is 0.130. The van der Waals surface area contributed by atoms with Crippen molar-refractivity contribution in [3.63, 3.8) is 0 Å². The molecule has 0 saturated carbocycles. The van der Waals surface area contributed by atoms with Crippen LogP contribution in [-0.4, -0.2) is 9.97 Å². The number of benzene rings is 1. The van der Waals surface area contributed by atoms with Gasteiger partial charge in [-0.05, 0) is 30.7 Å². The van der Waals surface area contributed by atoms with Crippen LogP contribution in [0.1, 0.15) is 11.1 Å².